The lowest BCUT2D eigenvalue weighted by Crippen LogP contribution is -2.42. The average molecular weight is 322 g/mol. The summed E-state index contributed by atoms with van der Waals surface area (Å²) < 4.78 is 22.7. The third-order valence-electron chi connectivity index (χ3n) is 3.34. The second-order valence-corrected chi connectivity index (χ2v) is 6.73. The number of benzene rings is 1. The molecule has 6 nitrogen and oxygen atoms in total. The highest BCUT2D eigenvalue weighted by molar-refractivity contribution is 7.89. The van der Waals surface area contributed by atoms with Crippen LogP contribution in [0.3, 0.4) is 0 Å². The van der Waals surface area contributed by atoms with Gasteiger partial charge in [-0.1, -0.05) is 24.3 Å². The van der Waals surface area contributed by atoms with Gasteiger partial charge in [-0.05, 0) is 37.5 Å². The number of nitrogens with one attached hydrogen (secondary N) is 2. The maximum Gasteiger partial charge on any atom is 0.238 e. The van der Waals surface area contributed by atoms with E-state index in [2.05, 4.69) is 27.8 Å². The lowest BCUT2D eigenvalue weighted by molar-refractivity contribution is 0.597. The van der Waals surface area contributed by atoms with Crippen LogP contribution in [0.2, 0.25) is 0 Å². The van der Waals surface area contributed by atoms with Crippen molar-refractivity contribution in [2.75, 3.05) is 6.54 Å². The van der Waals surface area contributed by atoms with Gasteiger partial charge >= 0.3 is 0 Å². The van der Waals surface area contributed by atoms with Crippen molar-refractivity contribution in [2.45, 2.75) is 37.2 Å². The monoisotopic (exact) mass is 322 g/mol. The van der Waals surface area contributed by atoms with Gasteiger partial charge in [0.25, 0.3) is 0 Å². The molecule has 0 aromatic heterocycles. The number of sulfonamides is 1. The second kappa shape index (κ2) is 7.42. The standard InChI is InChI=1S/C15H22N4O2S/c1-2-17-15(19-13-7-3-4-8-13)18-11-12-6-5-9-14(10-12)22(16,20)21/h3-6,9-10,13H,2,7-8,11H2,1H3,(H2,16,20,21)(H2,17,18,19). The van der Waals surface area contributed by atoms with Crippen LogP contribution < -0.4 is 15.8 Å². The third-order valence-corrected chi connectivity index (χ3v) is 4.25. The summed E-state index contributed by atoms with van der Waals surface area (Å²) in [6.07, 6.45) is 6.28. The predicted octanol–water partition coefficient (Wildman–Crippen LogP) is 1.11. The number of nitrogens with zero attached hydrogens (tertiary/aromatic N) is 1. The Morgan fingerprint density at radius 3 is 2.73 bits per heavy atom. The van der Waals surface area contributed by atoms with Gasteiger partial charge in [-0.25, -0.2) is 18.5 Å². The van der Waals surface area contributed by atoms with E-state index in [0.29, 0.717) is 12.6 Å². The van der Waals surface area contributed by atoms with Gasteiger partial charge in [0.15, 0.2) is 5.96 Å². The van der Waals surface area contributed by atoms with E-state index in [0.717, 1.165) is 30.9 Å². The van der Waals surface area contributed by atoms with Crippen LogP contribution in [0, 0.1) is 0 Å². The zero-order valence-corrected chi connectivity index (χ0v) is 13.4. The van der Waals surface area contributed by atoms with Crippen LogP contribution in [0.25, 0.3) is 0 Å². The molecule has 1 aliphatic rings. The van der Waals surface area contributed by atoms with Crippen molar-refractivity contribution in [2.24, 2.45) is 10.1 Å². The molecule has 0 radical (unpaired) electrons. The van der Waals surface area contributed by atoms with E-state index in [1.54, 1.807) is 12.1 Å². The molecule has 0 heterocycles. The Hall–Kier alpha value is -1.86. The van der Waals surface area contributed by atoms with Crippen molar-refractivity contribution in [1.82, 2.24) is 10.6 Å². The Balaban J connectivity index is 2.06. The Kier molecular flexibility index (Phi) is 5.57. The highest BCUT2D eigenvalue weighted by Crippen LogP contribution is 2.11. The minimum Gasteiger partial charge on any atom is -0.357 e. The first-order chi connectivity index (χ1) is 10.5. The Morgan fingerprint density at radius 1 is 1.36 bits per heavy atom. The SMILES string of the molecule is CCNC(=NCc1cccc(S(N)(=O)=O)c1)NC1CC=CC1. The number of hydrogen-bond donors (Lipinski definition) is 3. The molecular weight excluding hydrogens is 300 g/mol. The summed E-state index contributed by atoms with van der Waals surface area (Å²) >= 11 is 0. The van der Waals surface area contributed by atoms with Crippen LogP contribution in [0.15, 0.2) is 46.3 Å². The molecule has 2 rings (SSSR count). The Labute approximate surface area is 131 Å². The van der Waals surface area contributed by atoms with Gasteiger partial charge in [0.1, 0.15) is 0 Å². The molecule has 0 aliphatic heterocycles. The smallest absolute Gasteiger partial charge is 0.238 e. The maximum atomic E-state index is 11.4. The van der Waals surface area contributed by atoms with E-state index in [1.165, 1.54) is 6.07 Å². The van der Waals surface area contributed by atoms with Crippen LogP contribution in [-0.2, 0) is 16.6 Å². The van der Waals surface area contributed by atoms with Crippen LogP contribution in [0.4, 0.5) is 0 Å². The number of hydrogen-bond acceptors (Lipinski definition) is 3. The van der Waals surface area contributed by atoms with Crippen molar-refractivity contribution in [3.05, 3.63) is 42.0 Å². The topological polar surface area (TPSA) is 96.6 Å². The zero-order valence-electron chi connectivity index (χ0n) is 12.6. The molecule has 1 aromatic carbocycles. The summed E-state index contributed by atoms with van der Waals surface area (Å²) in [7, 11) is -3.68. The zero-order chi connectivity index (χ0) is 16.0. The van der Waals surface area contributed by atoms with E-state index < -0.39 is 10.0 Å². The summed E-state index contributed by atoms with van der Waals surface area (Å²) in [6, 6.07) is 6.91. The van der Waals surface area contributed by atoms with E-state index in [4.69, 9.17) is 5.14 Å². The third kappa shape index (κ3) is 4.85. The molecule has 0 atom stereocenters. The average Bonchev–Trinajstić information content (AvgIpc) is 2.97. The first kappa shape index (κ1) is 16.5. The molecule has 0 saturated heterocycles. The van der Waals surface area contributed by atoms with Gasteiger partial charge < -0.3 is 10.6 Å². The van der Waals surface area contributed by atoms with Crippen molar-refractivity contribution in [3.63, 3.8) is 0 Å². The summed E-state index contributed by atoms with van der Waals surface area (Å²) in [6.45, 7) is 3.16. The molecule has 0 bridgehead atoms. The number of guanidine groups is 1. The quantitative estimate of drug-likeness (QED) is 0.430. The highest BCUT2D eigenvalue weighted by Gasteiger charge is 2.12. The molecule has 0 saturated carbocycles. The lowest BCUT2D eigenvalue weighted by Gasteiger charge is -2.16. The molecule has 1 aliphatic carbocycles. The van der Waals surface area contributed by atoms with E-state index in [-0.39, 0.29) is 4.90 Å². The highest BCUT2D eigenvalue weighted by atomic mass is 32.2. The minimum absolute atomic E-state index is 0.109. The van der Waals surface area contributed by atoms with Gasteiger partial charge in [0, 0.05) is 12.6 Å². The van der Waals surface area contributed by atoms with Crippen molar-refractivity contribution < 1.29 is 8.42 Å². The van der Waals surface area contributed by atoms with E-state index in [9.17, 15) is 8.42 Å². The fourth-order valence-corrected chi connectivity index (χ4v) is 2.82. The maximum absolute atomic E-state index is 11.4. The molecule has 120 valence electrons. The summed E-state index contributed by atoms with van der Waals surface area (Å²) in [5.74, 6) is 0.734. The first-order valence-corrected chi connectivity index (χ1v) is 8.85. The molecule has 1 aromatic rings. The number of nitrogens with two attached hydrogens (primary N) is 1. The van der Waals surface area contributed by atoms with Crippen molar-refractivity contribution in [1.29, 1.82) is 0 Å². The molecular formula is C15H22N4O2S. The predicted molar refractivity (Wildman–Crippen MR) is 87.9 cm³/mol. The first-order valence-electron chi connectivity index (χ1n) is 7.30. The fourth-order valence-electron chi connectivity index (χ4n) is 2.24. The van der Waals surface area contributed by atoms with Crippen LogP contribution >= 0.6 is 0 Å². The van der Waals surface area contributed by atoms with Crippen LogP contribution in [0.5, 0.6) is 0 Å². The summed E-state index contributed by atoms with van der Waals surface area (Å²) in [5, 5.41) is 11.7. The molecule has 7 heteroatoms. The summed E-state index contributed by atoms with van der Waals surface area (Å²) in [4.78, 5) is 4.61. The molecule has 0 amide bonds. The van der Waals surface area contributed by atoms with Crippen LogP contribution in [-0.4, -0.2) is 27.0 Å². The number of primary sulfonamides is 1. The second-order valence-electron chi connectivity index (χ2n) is 5.17. The van der Waals surface area contributed by atoms with Crippen LogP contribution in [0.1, 0.15) is 25.3 Å². The minimum atomic E-state index is -3.68. The van der Waals surface area contributed by atoms with Gasteiger partial charge in [0.2, 0.25) is 10.0 Å². The largest absolute Gasteiger partial charge is 0.357 e. The molecule has 4 N–H and O–H groups in total. The van der Waals surface area contributed by atoms with Gasteiger partial charge in [-0.2, -0.15) is 0 Å². The number of aliphatic imine (C=N–C) groups is 1. The molecule has 22 heavy (non-hydrogen) atoms. The lowest BCUT2D eigenvalue weighted by atomic mass is 10.2. The Bertz CT molecular complexity index is 660. The summed E-state index contributed by atoms with van der Waals surface area (Å²) in [5.41, 5.74) is 0.799. The van der Waals surface area contributed by atoms with E-state index >= 15 is 0 Å². The fraction of sp³-hybridized carbons (Fsp3) is 0.400. The van der Waals surface area contributed by atoms with E-state index in [1.807, 2.05) is 13.0 Å². The number of rotatable bonds is 5. The van der Waals surface area contributed by atoms with Crippen molar-refractivity contribution in [3.8, 4) is 0 Å². The Morgan fingerprint density at radius 2 is 2.09 bits per heavy atom. The molecule has 0 fully saturated rings. The van der Waals surface area contributed by atoms with Gasteiger partial charge in [-0.15, -0.1) is 0 Å². The normalized spacial score (nSPS) is 16.0. The molecule has 0 spiro atoms. The molecule has 0 unspecified atom stereocenters. The van der Waals surface area contributed by atoms with Gasteiger partial charge in [0.05, 0.1) is 11.4 Å². The van der Waals surface area contributed by atoms with Gasteiger partial charge in [-0.3, -0.25) is 0 Å². The van der Waals surface area contributed by atoms with Crippen molar-refractivity contribution >= 4 is 16.0 Å².